The molecule has 0 amide bonds. The molecule has 0 saturated carbocycles. The minimum Gasteiger partial charge on any atom is -0.393 e. The van der Waals surface area contributed by atoms with Gasteiger partial charge in [-0.1, -0.05) is 12.1 Å². The van der Waals surface area contributed by atoms with Crippen molar-refractivity contribution in [2.24, 2.45) is 0 Å². The molecule has 2 nitrogen and oxygen atoms in total. The zero-order chi connectivity index (χ0) is 11.7. The average molecular weight is 282 g/mol. The summed E-state index contributed by atoms with van der Waals surface area (Å²) in [7, 11) is 0. The highest BCUT2D eigenvalue weighted by Crippen LogP contribution is 2.29. The second-order valence-corrected chi connectivity index (χ2v) is 4.98. The third-order valence-electron chi connectivity index (χ3n) is 2.79. The molecule has 0 radical (unpaired) electrons. The van der Waals surface area contributed by atoms with E-state index in [1.165, 1.54) is 16.5 Å². The Bertz CT molecular complexity index is 502. The van der Waals surface area contributed by atoms with Gasteiger partial charge in [0.15, 0.2) is 0 Å². The lowest BCUT2D eigenvalue weighted by Crippen LogP contribution is -2.03. The molecule has 2 rings (SSSR count). The second-order valence-electron chi connectivity index (χ2n) is 4.13. The van der Waals surface area contributed by atoms with E-state index in [-0.39, 0.29) is 6.10 Å². The fourth-order valence-electron chi connectivity index (χ4n) is 2.12. The molecule has 0 aliphatic rings. The Labute approximate surface area is 104 Å². The number of aliphatic hydroxyl groups excluding tert-OH is 1. The van der Waals surface area contributed by atoms with E-state index < -0.39 is 0 Å². The van der Waals surface area contributed by atoms with Gasteiger partial charge in [-0.15, -0.1) is 0 Å². The van der Waals surface area contributed by atoms with E-state index in [0.717, 1.165) is 11.0 Å². The highest BCUT2D eigenvalue weighted by Gasteiger charge is 2.11. The van der Waals surface area contributed by atoms with Gasteiger partial charge in [-0.3, -0.25) is 0 Å². The van der Waals surface area contributed by atoms with Gasteiger partial charge in [-0.25, -0.2) is 0 Å². The molecule has 2 aromatic rings. The van der Waals surface area contributed by atoms with Gasteiger partial charge in [-0.05, 0) is 41.4 Å². The van der Waals surface area contributed by atoms with Crippen LogP contribution in [0.1, 0.15) is 19.4 Å². The van der Waals surface area contributed by atoms with Gasteiger partial charge in [0.1, 0.15) is 0 Å². The SMILES string of the molecule is CCn1cc(CC(C)O)c2cccc(Br)c21. The first kappa shape index (κ1) is 11.7. The molecule has 0 saturated heterocycles. The standard InChI is InChI=1S/C13H16BrNO/c1-3-15-8-10(7-9(2)16)11-5-4-6-12(14)13(11)15/h4-6,8-9,16H,3,7H2,1-2H3. The van der Waals surface area contributed by atoms with Crippen molar-refractivity contribution in [3.63, 3.8) is 0 Å². The predicted octanol–water partition coefficient (Wildman–Crippen LogP) is 3.35. The molecule has 1 atom stereocenters. The molecule has 3 heteroatoms. The first-order valence-electron chi connectivity index (χ1n) is 5.57. The molecule has 1 N–H and O–H groups in total. The van der Waals surface area contributed by atoms with Crippen LogP contribution in [-0.4, -0.2) is 15.8 Å². The van der Waals surface area contributed by atoms with E-state index in [4.69, 9.17) is 0 Å². The number of rotatable bonds is 3. The Morgan fingerprint density at radius 1 is 1.44 bits per heavy atom. The van der Waals surface area contributed by atoms with E-state index >= 15 is 0 Å². The molecule has 0 aliphatic heterocycles. The van der Waals surface area contributed by atoms with Crippen LogP contribution < -0.4 is 0 Å². The highest BCUT2D eigenvalue weighted by molar-refractivity contribution is 9.10. The first-order chi connectivity index (χ1) is 7.63. The van der Waals surface area contributed by atoms with Crippen molar-refractivity contribution in [1.29, 1.82) is 0 Å². The topological polar surface area (TPSA) is 25.2 Å². The van der Waals surface area contributed by atoms with Crippen LogP contribution in [0.3, 0.4) is 0 Å². The number of fused-ring (bicyclic) bond motifs is 1. The summed E-state index contributed by atoms with van der Waals surface area (Å²) in [6.07, 6.45) is 2.55. The van der Waals surface area contributed by atoms with E-state index in [9.17, 15) is 5.11 Å². The minimum atomic E-state index is -0.296. The van der Waals surface area contributed by atoms with Crippen LogP contribution in [-0.2, 0) is 13.0 Å². The number of halogens is 1. The zero-order valence-corrected chi connectivity index (χ0v) is 11.2. The summed E-state index contributed by atoms with van der Waals surface area (Å²) >= 11 is 3.58. The third kappa shape index (κ3) is 2.02. The number of para-hydroxylation sites is 1. The van der Waals surface area contributed by atoms with Crippen molar-refractivity contribution in [1.82, 2.24) is 4.57 Å². The Balaban J connectivity index is 2.63. The number of nitrogens with zero attached hydrogens (tertiary/aromatic N) is 1. The summed E-state index contributed by atoms with van der Waals surface area (Å²) in [6.45, 7) is 4.90. The molecule has 0 bridgehead atoms. The molecule has 0 aliphatic carbocycles. The Morgan fingerprint density at radius 3 is 2.81 bits per heavy atom. The predicted molar refractivity (Wildman–Crippen MR) is 70.7 cm³/mol. The fraction of sp³-hybridized carbons (Fsp3) is 0.385. The van der Waals surface area contributed by atoms with E-state index in [0.29, 0.717) is 6.42 Å². The van der Waals surface area contributed by atoms with Crippen LogP contribution >= 0.6 is 15.9 Å². The van der Waals surface area contributed by atoms with Crippen molar-refractivity contribution in [2.75, 3.05) is 0 Å². The monoisotopic (exact) mass is 281 g/mol. The normalized spacial score (nSPS) is 13.2. The van der Waals surface area contributed by atoms with Crippen LogP contribution in [0.5, 0.6) is 0 Å². The lowest BCUT2D eigenvalue weighted by Gasteiger charge is -2.02. The van der Waals surface area contributed by atoms with Gasteiger partial charge in [0.2, 0.25) is 0 Å². The summed E-state index contributed by atoms with van der Waals surface area (Å²) in [5.74, 6) is 0. The maximum absolute atomic E-state index is 9.50. The zero-order valence-electron chi connectivity index (χ0n) is 9.57. The summed E-state index contributed by atoms with van der Waals surface area (Å²) < 4.78 is 3.33. The van der Waals surface area contributed by atoms with Gasteiger partial charge in [0, 0.05) is 29.0 Å². The number of hydrogen-bond acceptors (Lipinski definition) is 1. The number of aryl methyl sites for hydroxylation is 1. The molecular formula is C13H16BrNO. The smallest absolute Gasteiger partial charge is 0.0627 e. The average Bonchev–Trinajstić information content (AvgIpc) is 2.57. The van der Waals surface area contributed by atoms with E-state index in [2.05, 4.69) is 45.8 Å². The van der Waals surface area contributed by atoms with Gasteiger partial charge in [0.05, 0.1) is 11.6 Å². The van der Waals surface area contributed by atoms with Crippen molar-refractivity contribution >= 4 is 26.8 Å². The van der Waals surface area contributed by atoms with Crippen LogP contribution in [0.2, 0.25) is 0 Å². The highest BCUT2D eigenvalue weighted by atomic mass is 79.9. The molecule has 1 heterocycles. The Kier molecular flexibility index (Phi) is 3.36. The van der Waals surface area contributed by atoms with Crippen LogP contribution in [0.25, 0.3) is 10.9 Å². The second kappa shape index (κ2) is 4.60. The number of aromatic nitrogens is 1. The summed E-state index contributed by atoms with van der Waals surface area (Å²) in [5, 5.41) is 10.7. The van der Waals surface area contributed by atoms with Gasteiger partial charge in [0.25, 0.3) is 0 Å². The number of benzene rings is 1. The third-order valence-corrected chi connectivity index (χ3v) is 3.43. The lowest BCUT2D eigenvalue weighted by atomic mass is 10.1. The maximum atomic E-state index is 9.50. The molecule has 0 spiro atoms. The van der Waals surface area contributed by atoms with Crippen molar-refractivity contribution in [3.8, 4) is 0 Å². The lowest BCUT2D eigenvalue weighted by molar-refractivity contribution is 0.196. The Hall–Kier alpha value is -0.800. The van der Waals surface area contributed by atoms with Gasteiger partial charge < -0.3 is 9.67 Å². The van der Waals surface area contributed by atoms with Crippen LogP contribution in [0.4, 0.5) is 0 Å². The maximum Gasteiger partial charge on any atom is 0.0627 e. The Morgan fingerprint density at radius 2 is 2.19 bits per heavy atom. The summed E-state index contributed by atoms with van der Waals surface area (Å²) in [6, 6.07) is 6.21. The van der Waals surface area contributed by atoms with Crippen LogP contribution in [0, 0.1) is 0 Å². The molecule has 1 unspecified atom stereocenters. The van der Waals surface area contributed by atoms with Crippen molar-refractivity contribution < 1.29 is 5.11 Å². The van der Waals surface area contributed by atoms with Gasteiger partial charge in [-0.2, -0.15) is 0 Å². The molecular weight excluding hydrogens is 266 g/mol. The van der Waals surface area contributed by atoms with Crippen molar-refractivity contribution in [2.45, 2.75) is 32.9 Å². The molecule has 16 heavy (non-hydrogen) atoms. The van der Waals surface area contributed by atoms with E-state index in [1.807, 2.05) is 13.0 Å². The number of aliphatic hydroxyl groups is 1. The first-order valence-corrected chi connectivity index (χ1v) is 6.37. The quantitative estimate of drug-likeness (QED) is 0.917. The largest absolute Gasteiger partial charge is 0.393 e. The van der Waals surface area contributed by atoms with Crippen LogP contribution in [0.15, 0.2) is 28.9 Å². The molecule has 86 valence electrons. The summed E-state index contributed by atoms with van der Waals surface area (Å²) in [4.78, 5) is 0. The minimum absolute atomic E-state index is 0.296. The molecule has 1 aromatic carbocycles. The van der Waals surface area contributed by atoms with E-state index in [1.54, 1.807) is 0 Å². The fourth-order valence-corrected chi connectivity index (χ4v) is 2.71. The summed E-state index contributed by atoms with van der Waals surface area (Å²) in [5.41, 5.74) is 2.44. The van der Waals surface area contributed by atoms with Gasteiger partial charge >= 0.3 is 0 Å². The molecule has 0 fully saturated rings. The number of hydrogen-bond donors (Lipinski definition) is 1. The van der Waals surface area contributed by atoms with Crippen molar-refractivity contribution in [3.05, 3.63) is 34.4 Å². The molecule has 1 aromatic heterocycles.